The molecule has 1 saturated heterocycles. The number of hydrogen-bond donors (Lipinski definition) is 2. The van der Waals surface area contributed by atoms with Gasteiger partial charge in [0, 0.05) is 0 Å². The van der Waals surface area contributed by atoms with E-state index in [2.05, 4.69) is 0 Å². The van der Waals surface area contributed by atoms with E-state index in [4.69, 9.17) is 0 Å². The van der Waals surface area contributed by atoms with Crippen molar-refractivity contribution in [2.24, 2.45) is 0 Å². The summed E-state index contributed by atoms with van der Waals surface area (Å²) in [6, 6.07) is 5.12. The molecule has 1 aliphatic rings. The van der Waals surface area contributed by atoms with Crippen molar-refractivity contribution in [2.75, 3.05) is 0 Å². The fourth-order valence-corrected chi connectivity index (χ4v) is 2.36. The molecule has 0 radical (unpaired) electrons. The summed E-state index contributed by atoms with van der Waals surface area (Å²) in [4.78, 5) is 0. The van der Waals surface area contributed by atoms with Crippen LogP contribution in [0.2, 0.25) is 12.6 Å². The molecule has 1 fully saturated rings. The Balaban J connectivity index is 2.07. The minimum Gasteiger partial charge on any atom is -0.366 e. The first-order chi connectivity index (χ1) is 8.28. The summed E-state index contributed by atoms with van der Waals surface area (Å²) in [5.74, 6) is -1.61. The number of aliphatic hydroxyl groups is 2. The Hall–Kier alpha value is -1.01. The van der Waals surface area contributed by atoms with Gasteiger partial charge in [-0.05, 0) is 12.8 Å². The van der Waals surface area contributed by atoms with Crippen molar-refractivity contribution in [3.05, 3.63) is 29.8 Å². The van der Waals surface area contributed by atoms with E-state index in [1.165, 1.54) is 12.1 Å². The zero-order chi connectivity index (χ0) is 13.4. The molecule has 2 N–H and O–H groups in total. The van der Waals surface area contributed by atoms with Crippen molar-refractivity contribution in [1.29, 1.82) is 0 Å². The van der Waals surface area contributed by atoms with E-state index in [1.807, 2.05) is 0 Å². The van der Waals surface area contributed by atoms with Crippen LogP contribution in [0.5, 0.6) is 0 Å². The van der Waals surface area contributed by atoms with Crippen molar-refractivity contribution in [1.82, 2.24) is 0 Å². The highest BCUT2D eigenvalue weighted by Gasteiger charge is 2.34. The maximum Gasteiger partial charge on any atom is 0.416 e. The van der Waals surface area contributed by atoms with Crippen LogP contribution in [0.15, 0.2) is 24.3 Å². The molecule has 0 saturated carbocycles. The van der Waals surface area contributed by atoms with Crippen LogP contribution in [0.3, 0.4) is 0 Å². The van der Waals surface area contributed by atoms with E-state index in [0.717, 1.165) is 17.6 Å². The van der Waals surface area contributed by atoms with Crippen LogP contribution in [0.25, 0.3) is 0 Å². The van der Waals surface area contributed by atoms with Gasteiger partial charge in [-0.3, -0.25) is 0 Å². The van der Waals surface area contributed by atoms with Crippen molar-refractivity contribution in [3.8, 4) is 0 Å². The Kier molecular flexibility index (Phi) is 3.42. The van der Waals surface area contributed by atoms with E-state index in [-0.39, 0.29) is 19.6 Å². The van der Waals surface area contributed by atoms with Crippen LogP contribution in [0.4, 0.5) is 13.2 Å². The van der Waals surface area contributed by atoms with Crippen molar-refractivity contribution in [3.63, 3.8) is 0 Å². The third-order valence-corrected chi connectivity index (χ3v) is 3.50. The smallest absolute Gasteiger partial charge is 0.366 e. The zero-order valence-electron chi connectivity index (χ0n) is 9.74. The summed E-state index contributed by atoms with van der Waals surface area (Å²) in [6.45, 7) is 0.111. The Bertz CT molecular complexity index is 404. The summed E-state index contributed by atoms with van der Waals surface area (Å²) in [6.07, 6.45) is -2.62. The number of rotatable bonds is 1. The standard InChI is InChI=1S/C12H14BF3O2/c14-12(15,16)9-1-3-10(4-2-9)13-7-5-11(17,18)6-8-13/h1-4,17-18H,5-8H2. The Morgan fingerprint density at radius 3 is 1.94 bits per heavy atom. The second kappa shape index (κ2) is 4.59. The highest BCUT2D eigenvalue weighted by Crippen LogP contribution is 2.29. The van der Waals surface area contributed by atoms with Crippen LogP contribution in [-0.2, 0) is 6.18 Å². The fraction of sp³-hybridized carbons (Fsp3) is 0.500. The van der Waals surface area contributed by atoms with E-state index >= 15 is 0 Å². The highest BCUT2D eigenvalue weighted by atomic mass is 19.4. The second-order valence-corrected chi connectivity index (χ2v) is 4.88. The second-order valence-electron chi connectivity index (χ2n) is 4.88. The molecule has 1 heterocycles. The lowest BCUT2D eigenvalue weighted by Gasteiger charge is -2.30. The maximum atomic E-state index is 12.4. The molecule has 1 aliphatic heterocycles. The average molecular weight is 258 g/mol. The Labute approximate surface area is 104 Å². The molecule has 0 spiro atoms. The summed E-state index contributed by atoms with van der Waals surface area (Å²) in [7, 11) is 0. The molecule has 98 valence electrons. The molecule has 0 amide bonds. The molecular formula is C12H14BF3O2. The van der Waals surface area contributed by atoms with Crippen molar-refractivity contribution in [2.45, 2.75) is 37.4 Å². The van der Waals surface area contributed by atoms with Gasteiger partial charge in [0.2, 0.25) is 0 Å². The number of hydrogen-bond acceptors (Lipinski definition) is 2. The molecule has 18 heavy (non-hydrogen) atoms. The zero-order valence-corrected chi connectivity index (χ0v) is 9.74. The maximum absolute atomic E-state index is 12.4. The van der Waals surface area contributed by atoms with Gasteiger partial charge in [0.15, 0.2) is 12.5 Å². The SMILES string of the molecule is OC1(O)CCB(c2ccc(C(F)(F)F)cc2)CC1. The Morgan fingerprint density at radius 2 is 1.50 bits per heavy atom. The molecule has 6 heteroatoms. The molecule has 2 rings (SSSR count). The summed E-state index contributed by atoms with van der Waals surface area (Å²) in [5.41, 5.74) is 0.180. The average Bonchev–Trinajstić information content (AvgIpc) is 2.28. The molecule has 1 aromatic carbocycles. The van der Waals surface area contributed by atoms with E-state index in [0.29, 0.717) is 12.6 Å². The molecule has 2 nitrogen and oxygen atoms in total. The third kappa shape index (κ3) is 3.06. The van der Waals surface area contributed by atoms with Gasteiger partial charge in [-0.25, -0.2) is 0 Å². The summed E-state index contributed by atoms with van der Waals surface area (Å²) < 4.78 is 37.2. The van der Waals surface area contributed by atoms with Crippen LogP contribution in [0.1, 0.15) is 18.4 Å². The lowest BCUT2D eigenvalue weighted by atomic mass is 9.37. The summed E-state index contributed by atoms with van der Waals surface area (Å²) in [5, 5.41) is 18.8. The van der Waals surface area contributed by atoms with Crippen LogP contribution in [0, 0.1) is 0 Å². The predicted octanol–water partition coefficient (Wildman–Crippen LogP) is 1.88. The van der Waals surface area contributed by atoms with Crippen LogP contribution >= 0.6 is 0 Å². The fourth-order valence-electron chi connectivity index (χ4n) is 2.36. The quantitative estimate of drug-likeness (QED) is 0.596. The Morgan fingerprint density at radius 1 is 1.00 bits per heavy atom. The minimum absolute atomic E-state index is 0.111. The normalized spacial score (nSPS) is 19.9. The van der Waals surface area contributed by atoms with E-state index in [1.54, 1.807) is 0 Å². The van der Waals surface area contributed by atoms with E-state index < -0.39 is 17.5 Å². The molecule has 0 unspecified atom stereocenters. The summed E-state index contributed by atoms with van der Waals surface area (Å²) >= 11 is 0. The van der Waals surface area contributed by atoms with Gasteiger partial charge >= 0.3 is 6.18 Å². The van der Waals surface area contributed by atoms with E-state index in [9.17, 15) is 23.4 Å². The topological polar surface area (TPSA) is 40.5 Å². The number of alkyl halides is 3. The predicted molar refractivity (Wildman–Crippen MR) is 62.8 cm³/mol. The van der Waals surface area contributed by atoms with Gasteiger partial charge in [0.05, 0.1) is 5.56 Å². The van der Waals surface area contributed by atoms with Gasteiger partial charge in [0.1, 0.15) is 0 Å². The van der Waals surface area contributed by atoms with Crippen LogP contribution < -0.4 is 5.46 Å². The molecular weight excluding hydrogens is 244 g/mol. The van der Waals surface area contributed by atoms with Crippen molar-refractivity contribution >= 4 is 12.2 Å². The minimum atomic E-state index is -4.31. The largest absolute Gasteiger partial charge is 0.416 e. The first-order valence-corrected chi connectivity index (χ1v) is 5.90. The first kappa shape index (κ1) is 13.4. The number of benzene rings is 1. The molecule has 0 bridgehead atoms. The number of halogens is 3. The van der Waals surface area contributed by atoms with Gasteiger partial charge < -0.3 is 10.2 Å². The molecule has 0 atom stereocenters. The molecule has 0 aromatic heterocycles. The first-order valence-electron chi connectivity index (χ1n) is 5.90. The van der Waals surface area contributed by atoms with Crippen LogP contribution in [-0.4, -0.2) is 22.7 Å². The van der Waals surface area contributed by atoms with Gasteiger partial charge in [-0.1, -0.05) is 42.4 Å². The van der Waals surface area contributed by atoms with Gasteiger partial charge in [-0.2, -0.15) is 13.2 Å². The van der Waals surface area contributed by atoms with Gasteiger partial charge in [0.25, 0.3) is 0 Å². The monoisotopic (exact) mass is 258 g/mol. The highest BCUT2D eigenvalue weighted by molar-refractivity contribution is 6.73. The van der Waals surface area contributed by atoms with Gasteiger partial charge in [-0.15, -0.1) is 0 Å². The molecule has 1 aromatic rings. The lowest BCUT2D eigenvalue weighted by Crippen LogP contribution is -2.41. The molecule has 0 aliphatic carbocycles. The third-order valence-electron chi connectivity index (χ3n) is 3.50. The lowest BCUT2D eigenvalue weighted by molar-refractivity contribution is -0.166. The van der Waals surface area contributed by atoms with Crippen molar-refractivity contribution < 1.29 is 23.4 Å².